The molecule has 4 aromatic rings. The molecule has 30 heavy (non-hydrogen) atoms. The van der Waals surface area contributed by atoms with Crippen LogP contribution in [0.3, 0.4) is 0 Å². The Hall–Kier alpha value is -2.40. The molecule has 0 radical (unpaired) electrons. The first-order valence-corrected chi connectivity index (χ1v) is 11.0. The maximum atomic E-state index is 13.3. The number of imidazole rings is 1. The topological polar surface area (TPSA) is 96.5 Å². The minimum absolute atomic E-state index is 0.0360. The molecular formula is C20H21ClIN7O. The van der Waals surface area contributed by atoms with Crippen molar-refractivity contribution in [2.75, 3.05) is 5.73 Å². The maximum absolute atomic E-state index is 13.3. The Morgan fingerprint density at radius 1 is 1.13 bits per heavy atom. The van der Waals surface area contributed by atoms with E-state index in [1.54, 1.807) is 9.13 Å². The molecule has 0 amide bonds. The summed E-state index contributed by atoms with van der Waals surface area (Å²) in [5.74, 6) is 0.0360. The molecule has 4 heterocycles. The third kappa shape index (κ3) is 3.83. The van der Waals surface area contributed by atoms with Gasteiger partial charge >= 0.3 is 5.69 Å². The summed E-state index contributed by atoms with van der Waals surface area (Å²) in [6.07, 6.45) is 6.57. The van der Waals surface area contributed by atoms with E-state index in [1.165, 1.54) is 0 Å². The maximum Gasteiger partial charge on any atom is 0.330 e. The van der Waals surface area contributed by atoms with E-state index in [-0.39, 0.29) is 23.3 Å². The van der Waals surface area contributed by atoms with Gasteiger partial charge in [0.1, 0.15) is 5.52 Å². The van der Waals surface area contributed by atoms with Gasteiger partial charge in [-0.05, 0) is 66.1 Å². The second kappa shape index (κ2) is 8.38. The molecule has 0 aliphatic heterocycles. The molecule has 0 aliphatic carbocycles. The van der Waals surface area contributed by atoms with Crippen LogP contribution < -0.4 is 11.4 Å². The second-order valence-corrected chi connectivity index (χ2v) is 8.60. The number of halogens is 2. The first kappa shape index (κ1) is 20.9. The number of nitrogens with zero attached hydrogens (tertiary/aromatic N) is 6. The van der Waals surface area contributed by atoms with Gasteiger partial charge in [-0.1, -0.05) is 11.6 Å². The van der Waals surface area contributed by atoms with Crippen LogP contribution in [0.5, 0.6) is 0 Å². The van der Waals surface area contributed by atoms with Crippen molar-refractivity contribution in [1.29, 1.82) is 0 Å². The van der Waals surface area contributed by atoms with Gasteiger partial charge in [-0.3, -0.25) is 14.1 Å². The SMILES string of the molecule is Cc1cnc(Cn2c(=O)n(CCCn3cccc3)c3c(Cl)nc(N)nc32)c(C)c1I. The second-order valence-electron chi connectivity index (χ2n) is 7.17. The Morgan fingerprint density at radius 2 is 1.87 bits per heavy atom. The molecule has 0 aliphatic rings. The predicted octanol–water partition coefficient (Wildman–Crippen LogP) is 3.39. The van der Waals surface area contributed by atoms with Crippen LogP contribution in [-0.2, 0) is 19.6 Å². The molecule has 0 fully saturated rings. The molecule has 10 heteroatoms. The molecule has 0 saturated heterocycles. The van der Waals surface area contributed by atoms with Crippen molar-refractivity contribution < 1.29 is 0 Å². The zero-order chi connectivity index (χ0) is 21.4. The minimum atomic E-state index is -0.198. The van der Waals surface area contributed by atoms with Crippen molar-refractivity contribution in [3.8, 4) is 0 Å². The van der Waals surface area contributed by atoms with Crippen LogP contribution in [0.2, 0.25) is 5.15 Å². The molecule has 0 bridgehead atoms. The molecule has 8 nitrogen and oxygen atoms in total. The standard InChI is InChI=1S/C20H21ClIN7O/c1-12-10-24-14(13(2)15(12)22)11-29-18-16(17(21)25-19(23)26-18)28(20(29)30)9-5-8-27-6-3-4-7-27/h3-4,6-7,10H,5,8-9,11H2,1-2H3,(H2,23,25,26). The lowest BCUT2D eigenvalue weighted by molar-refractivity contribution is 0.553. The van der Waals surface area contributed by atoms with E-state index in [0.29, 0.717) is 17.7 Å². The number of anilines is 1. The van der Waals surface area contributed by atoms with Crippen LogP contribution in [0, 0.1) is 17.4 Å². The highest BCUT2D eigenvalue weighted by molar-refractivity contribution is 14.1. The Balaban J connectivity index is 1.77. The van der Waals surface area contributed by atoms with Crippen molar-refractivity contribution in [2.45, 2.75) is 39.9 Å². The van der Waals surface area contributed by atoms with E-state index in [9.17, 15) is 4.79 Å². The van der Waals surface area contributed by atoms with E-state index < -0.39 is 0 Å². The van der Waals surface area contributed by atoms with Crippen LogP contribution in [0.25, 0.3) is 11.2 Å². The number of rotatable bonds is 6. The van der Waals surface area contributed by atoms with E-state index in [4.69, 9.17) is 17.3 Å². The molecule has 2 N–H and O–H groups in total. The van der Waals surface area contributed by atoms with Gasteiger partial charge in [0.2, 0.25) is 5.95 Å². The summed E-state index contributed by atoms with van der Waals surface area (Å²) in [6, 6.07) is 3.95. The number of pyridine rings is 1. The van der Waals surface area contributed by atoms with Crippen LogP contribution in [0.4, 0.5) is 5.95 Å². The monoisotopic (exact) mass is 537 g/mol. The minimum Gasteiger partial charge on any atom is -0.368 e. The third-order valence-electron chi connectivity index (χ3n) is 5.12. The first-order chi connectivity index (χ1) is 14.4. The molecular weight excluding hydrogens is 517 g/mol. The van der Waals surface area contributed by atoms with E-state index in [0.717, 1.165) is 33.4 Å². The summed E-state index contributed by atoms with van der Waals surface area (Å²) in [5.41, 5.74) is 9.52. The zero-order valence-corrected chi connectivity index (χ0v) is 19.6. The van der Waals surface area contributed by atoms with E-state index >= 15 is 0 Å². The average Bonchev–Trinajstić information content (AvgIpc) is 3.30. The lowest BCUT2D eigenvalue weighted by Gasteiger charge is -2.09. The molecule has 0 unspecified atom stereocenters. The van der Waals surface area contributed by atoms with E-state index in [1.807, 2.05) is 44.6 Å². The number of aryl methyl sites for hydroxylation is 3. The smallest absolute Gasteiger partial charge is 0.330 e. The summed E-state index contributed by atoms with van der Waals surface area (Å²) < 4.78 is 6.42. The fraction of sp³-hybridized carbons (Fsp3) is 0.300. The van der Waals surface area contributed by atoms with Crippen LogP contribution in [0.15, 0.2) is 35.5 Å². The lowest BCUT2D eigenvalue weighted by Crippen LogP contribution is -2.26. The van der Waals surface area contributed by atoms with Crippen LogP contribution in [0.1, 0.15) is 23.2 Å². The van der Waals surface area contributed by atoms with Gasteiger partial charge in [0, 0.05) is 35.3 Å². The summed E-state index contributed by atoms with van der Waals surface area (Å²) in [6.45, 7) is 5.59. The Kier molecular flexibility index (Phi) is 5.83. The van der Waals surface area contributed by atoms with Crippen LogP contribution >= 0.6 is 34.2 Å². The highest BCUT2D eigenvalue weighted by atomic mass is 127. The number of hydrogen-bond acceptors (Lipinski definition) is 5. The summed E-state index contributed by atoms with van der Waals surface area (Å²) >= 11 is 8.69. The lowest BCUT2D eigenvalue weighted by atomic mass is 10.1. The fourth-order valence-corrected chi connectivity index (χ4v) is 4.25. The van der Waals surface area contributed by atoms with Crippen molar-refractivity contribution in [1.82, 2.24) is 28.7 Å². The molecule has 4 rings (SSSR count). The summed E-state index contributed by atoms with van der Waals surface area (Å²) in [5, 5.41) is 0.178. The molecule has 0 spiro atoms. The quantitative estimate of drug-likeness (QED) is 0.300. The van der Waals surface area contributed by atoms with Crippen molar-refractivity contribution >= 4 is 51.3 Å². The third-order valence-corrected chi connectivity index (χ3v) is 7.05. The molecule has 0 atom stereocenters. The van der Waals surface area contributed by atoms with Crippen molar-refractivity contribution in [3.05, 3.63) is 66.8 Å². The number of nitrogens with two attached hydrogens (primary N) is 1. The first-order valence-electron chi connectivity index (χ1n) is 9.50. The van der Waals surface area contributed by atoms with Crippen molar-refractivity contribution in [2.24, 2.45) is 0 Å². The Morgan fingerprint density at radius 3 is 2.60 bits per heavy atom. The van der Waals surface area contributed by atoms with Gasteiger partial charge in [0.15, 0.2) is 10.8 Å². The molecule has 0 saturated carbocycles. The molecule has 156 valence electrons. The van der Waals surface area contributed by atoms with E-state index in [2.05, 4.69) is 42.1 Å². The Labute approximate surface area is 191 Å². The normalized spacial score (nSPS) is 11.5. The largest absolute Gasteiger partial charge is 0.368 e. The Bertz CT molecular complexity index is 1280. The van der Waals surface area contributed by atoms with Gasteiger partial charge in [0.05, 0.1) is 12.2 Å². The van der Waals surface area contributed by atoms with Crippen molar-refractivity contribution in [3.63, 3.8) is 0 Å². The van der Waals surface area contributed by atoms with Gasteiger partial charge in [-0.15, -0.1) is 0 Å². The highest BCUT2D eigenvalue weighted by Gasteiger charge is 2.20. The van der Waals surface area contributed by atoms with Gasteiger partial charge < -0.3 is 10.3 Å². The predicted molar refractivity (Wildman–Crippen MR) is 126 cm³/mol. The van der Waals surface area contributed by atoms with Crippen LogP contribution in [-0.4, -0.2) is 28.7 Å². The summed E-state index contributed by atoms with van der Waals surface area (Å²) in [4.78, 5) is 26.3. The number of aromatic nitrogens is 6. The van der Waals surface area contributed by atoms with Gasteiger partial charge in [-0.25, -0.2) is 4.79 Å². The number of nitrogen functional groups attached to an aromatic ring is 1. The molecule has 0 aromatic carbocycles. The highest BCUT2D eigenvalue weighted by Crippen LogP contribution is 2.23. The average molecular weight is 538 g/mol. The number of fused-ring (bicyclic) bond motifs is 1. The number of hydrogen-bond donors (Lipinski definition) is 1. The van der Waals surface area contributed by atoms with Gasteiger partial charge in [0.25, 0.3) is 0 Å². The fourth-order valence-electron chi connectivity index (χ4n) is 3.52. The van der Waals surface area contributed by atoms with Gasteiger partial charge in [-0.2, -0.15) is 9.97 Å². The molecule has 4 aromatic heterocycles. The zero-order valence-electron chi connectivity index (χ0n) is 16.6. The summed E-state index contributed by atoms with van der Waals surface area (Å²) in [7, 11) is 0.